The minimum atomic E-state index is -3.21. The highest BCUT2D eigenvalue weighted by atomic mass is 32.2. The second-order valence-corrected chi connectivity index (χ2v) is 9.85. The lowest BCUT2D eigenvalue weighted by Gasteiger charge is -2.41. The van der Waals surface area contributed by atoms with Crippen molar-refractivity contribution < 1.29 is 17.9 Å². The highest BCUT2D eigenvalue weighted by Crippen LogP contribution is 2.20. The van der Waals surface area contributed by atoms with Crippen molar-refractivity contribution in [2.45, 2.75) is 64.8 Å². The van der Waals surface area contributed by atoms with Gasteiger partial charge in [-0.15, -0.1) is 0 Å². The van der Waals surface area contributed by atoms with E-state index < -0.39 is 10.0 Å². The van der Waals surface area contributed by atoms with Gasteiger partial charge in [-0.05, 0) is 32.6 Å². The number of nitrogens with zero attached hydrogens (tertiary/aromatic N) is 2. The van der Waals surface area contributed by atoms with Crippen LogP contribution in [0.15, 0.2) is 0 Å². The summed E-state index contributed by atoms with van der Waals surface area (Å²) in [7, 11) is -3.21. The molecular weight excluding hydrogens is 342 g/mol. The number of carbonyl (C=O) groups is 1. The van der Waals surface area contributed by atoms with Crippen molar-refractivity contribution in [1.29, 1.82) is 0 Å². The Balaban J connectivity index is 2.03. The molecule has 25 heavy (non-hydrogen) atoms. The van der Waals surface area contributed by atoms with E-state index in [1.165, 1.54) is 10.6 Å². The van der Waals surface area contributed by atoms with E-state index in [1.54, 1.807) is 0 Å². The third-order valence-electron chi connectivity index (χ3n) is 4.94. The van der Waals surface area contributed by atoms with E-state index in [4.69, 9.17) is 4.74 Å². The van der Waals surface area contributed by atoms with Gasteiger partial charge in [-0.25, -0.2) is 12.7 Å². The van der Waals surface area contributed by atoms with Crippen molar-refractivity contribution in [3.05, 3.63) is 0 Å². The second kappa shape index (κ2) is 8.33. The van der Waals surface area contributed by atoms with Crippen LogP contribution in [-0.4, -0.2) is 80.3 Å². The van der Waals surface area contributed by atoms with E-state index in [2.05, 4.69) is 24.1 Å². The Bertz CT molecular complexity index is 556. The van der Waals surface area contributed by atoms with Crippen LogP contribution in [0.2, 0.25) is 0 Å². The predicted molar refractivity (Wildman–Crippen MR) is 97.8 cm³/mol. The van der Waals surface area contributed by atoms with E-state index in [0.29, 0.717) is 13.1 Å². The summed E-state index contributed by atoms with van der Waals surface area (Å²) in [4.78, 5) is 15.2. The SMILES string of the molecule is CC1CN(C(C(=O)NC2CCCN(S(C)(=O)=O)C2)C(C)C)CC(C)O1. The van der Waals surface area contributed by atoms with Crippen molar-refractivity contribution in [3.63, 3.8) is 0 Å². The van der Waals surface area contributed by atoms with Crippen molar-refractivity contribution in [3.8, 4) is 0 Å². The molecule has 4 unspecified atom stereocenters. The van der Waals surface area contributed by atoms with Crippen LogP contribution in [0, 0.1) is 5.92 Å². The van der Waals surface area contributed by atoms with Crippen LogP contribution in [0.25, 0.3) is 0 Å². The summed E-state index contributed by atoms with van der Waals surface area (Å²) in [5.41, 5.74) is 0. The number of sulfonamides is 1. The van der Waals surface area contributed by atoms with Gasteiger partial charge in [-0.2, -0.15) is 0 Å². The summed E-state index contributed by atoms with van der Waals surface area (Å²) >= 11 is 0. The van der Waals surface area contributed by atoms with Crippen LogP contribution in [0.4, 0.5) is 0 Å². The Hall–Kier alpha value is -0.700. The van der Waals surface area contributed by atoms with Crippen LogP contribution >= 0.6 is 0 Å². The zero-order valence-electron chi connectivity index (χ0n) is 16.1. The Morgan fingerprint density at radius 3 is 2.28 bits per heavy atom. The van der Waals surface area contributed by atoms with E-state index >= 15 is 0 Å². The number of hydrogen-bond acceptors (Lipinski definition) is 5. The molecule has 0 saturated carbocycles. The Morgan fingerprint density at radius 1 is 1.16 bits per heavy atom. The smallest absolute Gasteiger partial charge is 0.237 e. The Labute approximate surface area is 152 Å². The lowest BCUT2D eigenvalue weighted by molar-refractivity contribution is -0.136. The molecule has 0 aromatic carbocycles. The van der Waals surface area contributed by atoms with E-state index in [1.807, 2.05) is 13.8 Å². The summed E-state index contributed by atoms with van der Waals surface area (Å²) < 4.78 is 30.8. The number of piperidine rings is 1. The quantitative estimate of drug-likeness (QED) is 0.764. The average Bonchev–Trinajstić information content (AvgIpc) is 2.45. The number of ether oxygens (including phenoxy) is 1. The van der Waals surface area contributed by atoms with Gasteiger partial charge in [0.05, 0.1) is 24.5 Å². The summed E-state index contributed by atoms with van der Waals surface area (Å²) in [6, 6.07) is -0.337. The molecule has 2 aliphatic heterocycles. The zero-order chi connectivity index (χ0) is 18.8. The lowest BCUT2D eigenvalue weighted by Crippen LogP contribution is -2.59. The molecule has 0 aromatic rings. The first-order valence-electron chi connectivity index (χ1n) is 9.23. The van der Waals surface area contributed by atoms with Gasteiger partial charge in [0.15, 0.2) is 0 Å². The summed E-state index contributed by atoms with van der Waals surface area (Å²) in [5.74, 6) is 0.170. The van der Waals surface area contributed by atoms with Gasteiger partial charge in [0.2, 0.25) is 15.9 Å². The number of hydrogen-bond donors (Lipinski definition) is 1. The molecule has 0 bridgehead atoms. The summed E-state index contributed by atoms with van der Waals surface area (Å²) in [6.07, 6.45) is 3.03. The Morgan fingerprint density at radius 2 is 1.76 bits per heavy atom. The maximum atomic E-state index is 13.0. The first-order chi connectivity index (χ1) is 11.6. The molecule has 0 spiro atoms. The van der Waals surface area contributed by atoms with E-state index in [-0.39, 0.29) is 36.1 Å². The Kier molecular flexibility index (Phi) is 6.87. The van der Waals surface area contributed by atoms with Gasteiger partial charge in [0.1, 0.15) is 0 Å². The van der Waals surface area contributed by atoms with Crippen LogP contribution in [-0.2, 0) is 19.6 Å². The minimum Gasteiger partial charge on any atom is -0.373 e. The molecule has 1 amide bonds. The third-order valence-corrected chi connectivity index (χ3v) is 6.21. The van der Waals surface area contributed by atoms with E-state index in [9.17, 15) is 13.2 Å². The van der Waals surface area contributed by atoms with Gasteiger partial charge in [0, 0.05) is 32.2 Å². The first-order valence-corrected chi connectivity index (χ1v) is 11.1. The van der Waals surface area contributed by atoms with Gasteiger partial charge in [-0.3, -0.25) is 9.69 Å². The number of carbonyl (C=O) groups excluding carboxylic acids is 1. The molecule has 2 fully saturated rings. The monoisotopic (exact) mass is 375 g/mol. The molecule has 8 heteroatoms. The number of nitrogens with one attached hydrogen (secondary N) is 1. The molecule has 2 saturated heterocycles. The largest absolute Gasteiger partial charge is 0.373 e. The number of morpholine rings is 1. The maximum Gasteiger partial charge on any atom is 0.237 e. The van der Waals surface area contributed by atoms with Crippen LogP contribution < -0.4 is 5.32 Å². The molecular formula is C17H33N3O4S. The molecule has 1 N–H and O–H groups in total. The first kappa shape index (κ1) is 20.6. The fourth-order valence-corrected chi connectivity index (χ4v) is 4.89. The number of rotatable bonds is 5. The van der Waals surface area contributed by atoms with E-state index in [0.717, 1.165) is 25.9 Å². The van der Waals surface area contributed by atoms with Gasteiger partial charge in [0.25, 0.3) is 0 Å². The van der Waals surface area contributed by atoms with Crippen LogP contribution in [0.5, 0.6) is 0 Å². The highest BCUT2D eigenvalue weighted by molar-refractivity contribution is 7.88. The standard InChI is InChI=1S/C17H33N3O4S/c1-12(2)16(19-9-13(3)24-14(4)10-19)17(21)18-15-7-6-8-20(11-15)25(5,22)23/h12-16H,6-11H2,1-5H3,(H,18,21). The summed E-state index contributed by atoms with van der Waals surface area (Å²) in [6.45, 7) is 10.5. The van der Waals surface area contributed by atoms with Crippen molar-refractivity contribution in [2.75, 3.05) is 32.4 Å². The average molecular weight is 376 g/mol. The predicted octanol–water partition coefficient (Wildman–Crippen LogP) is 0.660. The number of amides is 1. The topological polar surface area (TPSA) is 79.0 Å². The summed E-state index contributed by atoms with van der Waals surface area (Å²) in [5, 5.41) is 3.10. The van der Waals surface area contributed by atoms with Gasteiger partial charge < -0.3 is 10.1 Å². The normalized spacial score (nSPS) is 31.0. The maximum absolute atomic E-state index is 13.0. The molecule has 0 aromatic heterocycles. The van der Waals surface area contributed by atoms with Crippen LogP contribution in [0.1, 0.15) is 40.5 Å². The highest BCUT2D eigenvalue weighted by Gasteiger charge is 2.36. The third kappa shape index (κ3) is 5.64. The fourth-order valence-electron chi connectivity index (χ4n) is 3.98. The lowest BCUT2D eigenvalue weighted by atomic mass is 9.98. The second-order valence-electron chi connectivity index (χ2n) is 7.87. The molecule has 2 rings (SSSR count). The molecule has 2 heterocycles. The molecule has 2 aliphatic rings. The van der Waals surface area contributed by atoms with Crippen molar-refractivity contribution >= 4 is 15.9 Å². The van der Waals surface area contributed by atoms with Crippen molar-refractivity contribution in [2.24, 2.45) is 5.92 Å². The fraction of sp³-hybridized carbons (Fsp3) is 0.941. The minimum absolute atomic E-state index is 0.00310. The molecule has 4 atom stereocenters. The zero-order valence-corrected chi connectivity index (χ0v) is 16.9. The van der Waals surface area contributed by atoms with Gasteiger partial charge in [-0.1, -0.05) is 13.8 Å². The molecule has 146 valence electrons. The molecule has 0 radical (unpaired) electrons. The molecule has 0 aliphatic carbocycles. The van der Waals surface area contributed by atoms with Gasteiger partial charge >= 0.3 is 0 Å². The van der Waals surface area contributed by atoms with Crippen molar-refractivity contribution in [1.82, 2.24) is 14.5 Å². The molecule has 7 nitrogen and oxygen atoms in total. The van der Waals surface area contributed by atoms with Crippen LogP contribution in [0.3, 0.4) is 0 Å².